The average molecular weight is 297 g/mol. The summed E-state index contributed by atoms with van der Waals surface area (Å²) >= 11 is 0. The van der Waals surface area contributed by atoms with Crippen LogP contribution >= 0.6 is 0 Å². The van der Waals surface area contributed by atoms with E-state index in [1.807, 2.05) is 26.0 Å². The van der Waals surface area contributed by atoms with Crippen LogP contribution in [0, 0.1) is 17.2 Å². The zero-order valence-electron chi connectivity index (χ0n) is 13.1. The van der Waals surface area contributed by atoms with Gasteiger partial charge in [-0.3, -0.25) is 4.79 Å². The Labute approximate surface area is 130 Å². The first-order valence-electron chi connectivity index (χ1n) is 7.54. The van der Waals surface area contributed by atoms with E-state index in [1.54, 1.807) is 12.1 Å². The van der Waals surface area contributed by atoms with Crippen molar-refractivity contribution in [1.29, 1.82) is 5.26 Å². The van der Waals surface area contributed by atoms with Gasteiger partial charge in [0.25, 0.3) is 0 Å². The lowest BCUT2D eigenvalue weighted by molar-refractivity contribution is -0.114. The number of carbonyl (C=O) groups excluding carboxylic acids is 1. The minimum absolute atomic E-state index is 0.0885. The predicted molar refractivity (Wildman–Crippen MR) is 81.2 cm³/mol. The summed E-state index contributed by atoms with van der Waals surface area (Å²) in [5, 5.41) is 9.13. The topological polar surface area (TPSA) is 59.3 Å². The summed E-state index contributed by atoms with van der Waals surface area (Å²) in [7, 11) is 0. The number of nitriles is 1. The fraction of sp³-hybridized carbons (Fsp3) is 0.444. The van der Waals surface area contributed by atoms with Crippen LogP contribution in [0.4, 0.5) is 0 Å². The SMILES string of the molecule is CC1C(OC2=CC(=O)CC2)c2cc(C#N)ccc2OC1(C)C. The largest absolute Gasteiger partial charge is 0.489 e. The molecule has 2 atom stereocenters. The van der Waals surface area contributed by atoms with Crippen LogP contribution in [0.5, 0.6) is 5.75 Å². The van der Waals surface area contributed by atoms with Gasteiger partial charge in [0, 0.05) is 30.4 Å². The Balaban J connectivity index is 2.01. The van der Waals surface area contributed by atoms with Gasteiger partial charge in [-0.25, -0.2) is 0 Å². The van der Waals surface area contributed by atoms with E-state index in [-0.39, 0.29) is 23.4 Å². The van der Waals surface area contributed by atoms with Crippen LogP contribution in [0.1, 0.15) is 50.8 Å². The Kier molecular flexibility index (Phi) is 3.44. The second-order valence-corrected chi connectivity index (χ2v) is 6.47. The predicted octanol–water partition coefficient (Wildman–Crippen LogP) is 3.67. The van der Waals surface area contributed by atoms with Crippen molar-refractivity contribution in [3.8, 4) is 11.8 Å². The van der Waals surface area contributed by atoms with Crippen molar-refractivity contribution in [3.05, 3.63) is 41.2 Å². The molecule has 1 aromatic carbocycles. The van der Waals surface area contributed by atoms with Crippen LogP contribution in [0.2, 0.25) is 0 Å². The number of hydrogen-bond acceptors (Lipinski definition) is 4. The standard InChI is InChI=1S/C18H19NO3/c1-11-17(21-14-6-5-13(20)9-14)15-8-12(10-19)4-7-16(15)22-18(11,2)3/h4,7-9,11,17H,5-6H2,1-3H3. The monoisotopic (exact) mass is 297 g/mol. The van der Waals surface area contributed by atoms with Crippen molar-refractivity contribution in [2.75, 3.05) is 0 Å². The number of carbonyl (C=O) groups is 1. The quantitative estimate of drug-likeness (QED) is 0.835. The summed E-state index contributed by atoms with van der Waals surface area (Å²) < 4.78 is 12.2. The Morgan fingerprint density at radius 1 is 1.36 bits per heavy atom. The van der Waals surface area contributed by atoms with Gasteiger partial charge in [0.15, 0.2) is 5.78 Å². The lowest BCUT2D eigenvalue weighted by atomic mass is 9.81. The molecule has 2 unspecified atom stereocenters. The Morgan fingerprint density at radius 3 is 2.77 bits per heavy atom. The van der Waals surface area contributed by atoms with Crippen molar-refractivity contribution >= 4 is 5.78 Å². The van der Waals surface area contributed by atoms with Crippen LogP contribution in [-0.4, -0.2) is 11.4 Å². The summed E-state index contributed by atoms with van der Waals surface area (Å²) in [4.78, 5) is 11.4. The molecule has 0 saturated heterocycles. The normalized spacial score (nSPS) is 25.7. The van der Waals surface area contributed by atoms with Crippen LogP contribution in [0.15, 0.2) is 30.0 Å². The number of hydrogen-bond donors (Lipinski definition) is 0. The summed E-state index contributed by atoms with van der Waals surface area (Å²) in [5.74, 6) is 1.68. The highest BCUT2D eigenvalue weighted by Gasteiger charge is 2.43. The number of fused-ring (bicyclic) bond motifs is 1. The Morgan fingerprint density at radius 2 is 2.14 bits per heavy atom. The van der Waals surface area contributed by atoms with Crippen LogP contribution < -0.4 is 4.74 Å². The van der Waals surface area contributed by atoms with Gasteiger partial charge < -0.3 is 9.47 Å². The summed E-state index contributed by atoms with van der Waals surface area (Å²) in [6, 6.07) is 7.55. The molecule has 2 aliphatic rings. The minimum atomic E-state index is -0.380. The second kappa shape index (κ2) is 5.17. The highest BCUT2D eigenvalue weighted by molar-refractivity contribution is 5.92. The zero-order chi connectivity index (χ0) is 15.9. The van der Waals surface area contributed by atoms with Gasteiger partial charge in [-0.05, 0) is 32.0 Å². The molecule has 4 heteroatoms. The van der Waals surface area contributed by atoms with Crippen LogP contribution in [0.25, 0.3) is 0 Å². The first kappa shape index (κ1) is 14.6. The number of ketones is 1. The molecule has 1 aromatic rings. The lowest BCUT2D eigenvalue weighted by Gasteiger charge is -2.43. The molecule has 22 heavy (non-hydrogen) atoms. The Hall–Kier alpha value is -2.28. The maximum Gasteiger partial charge on any atom is 0.159 e. The molecule has 0 spiro atoms. The van der Waals surface area contributed by atoms with Crippen LogP contribution in [0.3, 0.4) is 0 Å². The number of allylic oxidation sites excluding steroid dienone is 2. The van der Waals surface area contributed by atoms with E-state index in [9.17, 15) is 4.79 Å². The van der Waals surface area contributed by atoms with Gasteiger partial charge in [-0.15, -0.1) is 0 Å². The number of ether oxygens (including phenoxy) is 2. The van der Waals surface area contributed by atoms with Gasteiger partial charge >= 0.3 is 0 Å². The second-order valence-electron chi connectivity index (χ2n) is 6.47. The first-order valence-corrected chi connectivity index (χ1v) is 7.54. The van der Waals surface area contributed by atoms with Crippen molar-refractivity contribution in [1.82, 2.24) is 0 Å². The summed E-state index contributed by atoms with van der Waals surface area (Å²) in [5.41, 5.74) is 1.08. The van der Waals surface area contributed by atoms with E-state index < -0.39 is 0 Å². The lowest BCUT2D eigenvalue weighted by Crippen LogP contribution is -2.43. The third-order valence-electron chi connectivity index (χ3n) is 4.59. The van der Waals surface area contributed by atoms with Crippen molar-refractivity contribution in [2.45, 2.75) is 45.3 Å². The van der Waals surface area contributed by atoms with E-state index in [4.69, 9.17) is 14.7 Å². The molecule has 0 amide bonds. The molecule has 4 nitrogen and oxygen atoms in total. The molecule has 0 bridgehead atoms. The third kappa shape index (κ3) is 2.48. The Bertz CT molecular complexity index is 697. The van der Waals surface area contributed by atoms with Gasteiger partial charge in [-0.2, -0.15) is 5.26 Å². The van der Waals surface area contributed by atoms with E-state index in [2.05, 4.69) is 13.0 Å². The fourth-order valence-corrected chi connectivity index (χ4v) is 2.94. The molecule has 1 heterocycles. The smallest absolute Gasteiger partial charge is 0.159 e. The van der Waals surface area contributed by atoms with Gasteiger partial charge in [0.1, 0.15) is 23.2 Å². The van der Waals surface area contributed by atoms with Crippen molar-refractivity contribution in [2.24, 2.45) is 5.92 Å². The number of nitrogens with zero attached hydrogens (tertiary/aromatic N) is 1. The van der Waals surface area contributed by atoms with Gasteiger partial charge in [0.2, 0.25) is 0 Å². The molecular formula is C18H19NO3. The fourth-order valence-electron chi connectivity index (χ4n) is 2.94. The highest BCUT2D eigenvalue weighted by Crippen LogP contribution is 2.47. The van der Waals surface area contributed by atoms with E-state index in [0.29, 0.717) is 18.4 Å². The molecule has 1 aliphatic heterocycles. The average Bonchev–Trinajstić information content (AvgIpc) is 2.88. The zero-order valence-corrected chi connectivity index (χ0v) is 13.1. The van der Waals surface area contributed by atoms with E-state index in [1.165, 1.54) is 0 Å². The minimum Gasteiger partial charge on any atom is -0.489 e. The summed E-state index contributed by atoms with van der Waals surface area (Å²) in [6.45, 7) is 6.14. The molecule has 0 fully saturated rings. The molecule has 0 N–H and O–H groups in total. The van der Waals surface area contributed by atoms with Crippen LogP contribution in [-0.2, 0) is 9.53 Å². The molecule has 0 aromatic heterocycles. The van der Waals surface area contributed by atoms with Crippen molar-refractivity contribution < 1.29 is 14.3 Å². The molecule has 0 radical (unpaired) electrons. The molecular weight excluding hydrogens is 278 g/mol. The highest BCUT2D eigenvalue weighted by atomic mass is 16.5. The van der Waals surface area contributed by atoms with E-state index >= 15 is 0 Å². The van der Waals surface area contributed by atoms with Crippen molar-refractivity contribution in [3.63, 3.8) is 0 Å². The van der Waals surface area contributed by atoms with E-state index in [0.717, 1.165) is 17.1 Å². The molecule has 114 valence electrons. The van der Waals surface area contributed by atoms with Gasteiger partial charge in [0.05, 0.1) is 11.6 Å². The number of benzene rings is 1. The maximum atomic E-state index is 11.4. The number of rotatable bonds is 2. The molecule has 0 saturated carbocycles. The first-order chi connectivity index (χ1) is 10.4. The summed E-state index contributed by atoms with van der Waals surface area (Å²) in [6.07, 6.45) is 2.53. The van der Waals surface area contributed by atoms with Gasteiger partial charge in [-0.1, -0.05) is 6.92 Å². The molecule has 3 rings (SSSR count). The maximum absolute atomic E-state index is 11.4. The molecule has 1 aliphatic carbocycles. The third-order valence-corrected chi connectivity index (χ3v) is 4.59.